The molecule has 1 aliphatic carbocycles. The third kappa shape index (κ3) is 4.17. The molecule has 5 nitrogen and oxygen atoms in total. The highest BCUT2D eigenvalue weighted by atomic mass is 16.5. The molecular formula is C28H22NO4-. The fraction of sp³-hybridized carbons (Fsp3) is 0.143. The summed E-state index contributed by atoms with van der Waals surface area (Å²) in [6.45, 7) is 0.121. The van der Waals surface area contributed by atoms with Gasteiger partial charge in [0.1, 0.15) is 6.61 Å². The molecule has 0 spiro atoms. The second-order valence-electron chi connectivity index (χ2n) is 8.23. The van der Waals surface area contributed by atoms with Crippen LogP contribution in [0.5, 0.6) is 0 Å². The average molecular weight is 436 g/mol. The summed E-state index contributed by atoms with van der Waals surface area (Å²) in [6, 6.07) is 28.4. The van der Waals surface area contributed by atoms with Crippen LogP contribution in [-0.4, -0.2) is 24.7 Å². The molecule has 1 atom stereocenters. The van der Waals surface area contributed by atoms with Crippen LogP contribution < -0.4 is 10.4 Å². The van der Waals surface area contributed by atoms with Crippen molar-refractivity contribution >= 4 is 22.8 Å². The first-order valence-electron chi connectivity index (χ1n) is 10.9. The monoisotopic (exact) mass is 436 g/mol. The zero-order chi connectivity index (χ0) is 22.8. The summed E-state index contributed by atoms with van der Waals surface area (Å²) in [4.78, 5) is 24.2. The number of nitrogens with one attached hydrogen (secondary N) is 1. The second-order valence-corrected chi connectivity index (χ2v) is 8.23. The number of carbonyl (C=O) groups excluding carboxylic acids is 2. The minimum absolute atomic E-state index is 0.0926. The van der Waals surface area contributed by atoms with E-state index in [0.29, 0.717) is 0 Å². The van der Waals surface area contributed by atoms with Crippen molar-refractivity contribution in [2.75, 3.05) is 6.61 Å². The lowest BCUT2D eigenvalue weighted by Gasteiger charge is -2.21. The molecule has 0 saturated heterocycles. The van der Waals surface area contributed by atoms with E-state index in [2.05, 4.69) is 17.4 Å². The van der Waals surface area contributed by atoms with E-state index in [1.165, 1.54) is 0 Å². The van der Waals surface area contributed by atoms with E-state index in [-0.39, 0.29) is 18.9 Å². The second kappa shape index (κ2) is 8.79. The molecule has 5 heteroatoms. The number of carbonyl (C=O) groups is 2. The van der Waals surface area contributed by atoms with Crippen molar-refractivity contribution in [3.63, 3.8) is 0 Å². The van der Waals surface area contributed by atoms with Gasteiger partial charge in [0, 0.05) is 5.92 Å². The molecule has 0 radical (unpaired) electrons. The van der Waals surface area contributed by atoms with Gasteiger partial charge in [-0.1, -0.05) is 91.0 Å². The average Bonchev–Trinajstić information content (AvgIpc) is 3.16. The fourth-order valence-electron chi connectivity index (χ4n) is 4.58. The first-order valence-corrected chi connectivity index (χ1v) is 10.9. The fourth-order valence-corrected chi connectivity index (χ4v) is 4.58. The number of fused-ring (bicyclic) bond motifs is 4. The van der Waals surface area contributed by atoms with Crippen molar-refractivity contribution in [2.45, 2.75) is 18.4 Å². The molecule has 4 aromatic rings. The van der Waals surface area contributed by atoms with Gasteiger partial charge >= 0.3 is 6.09 Å². The molecule has 1 N–H and O–H groups in total. The number of hydrogen-bond acceptors (Lipinski definition) is 4. The van der Waals surface area contributed by atoms with Gasteiger partial charge < -0.3 is 20.0 Å². The van der Waals surface area contributed by atoms with Crippen LogP contribution in [-0.2, 0) is 16.0 Å². The molecule has 0 bridgehead atoms. The summed E-state index contributed by atoms with van der Waals surface area (Å²) in [5.74, 6) is -1.44. The lowest BCUT2D eigenvalue weighted by atomic mass is 9.98. The molecule has 0 fully saturated rings. The van der Waals surface area contributed by atoms with Crippen LogP contribution in [0.2, 0.25) is 0 Å². The molecule has 1 aliphatic rings. The lowest BCUT2D eigenvalue weighted by Crippen LogP contribution is -2.49. The maximum Gasteiger partial charge on any atom is 0.407 e. The number of hydrogen-bond donors (Lipinski definition) is 1. The highest BCUT2D eigenvalue weighted by molar-refractivity contribution is 5.84. The summed E-state index contributed by atoms with van der Waals surface area (Å²) >= 11 is 0. The van der Waals surface area contributed by atoms with Crippen molar-refractivity contribution in [3.8, 4) is 11.1 Å². The quantitative estimate of drug-likeness (QED) is 0.495. The Morgan fingerprint density at radius 3 is 2.09 bits per heavy atom. The number of rotatable bonds is 6. The van der Waals surface area contributed by atoms with Gasteiger partial charge in [-0.15, -0.1) is 0 Å². The summed E-state index contributed by atoms with van der Waals surface area (Å²) < 4.78 is 5.49. The Hall–Kier alpha value is -4.12. The number of benzene rings is 4. The molecule has 0 aliphatic heterocycles. The number of aliphatic carboxylic acids is 1. The number of alkyl carbamates (subject to hydrolysis) is 1. The molecule has 0 saturated carbocycles. The molecule has 0 heterocycles. The third-order valence-electron chi connectivity index (χ3n) is 6.17. The Morgan fingerprint density at radius 2 is 1.42 bits per heavy atom. The molecule has 4 aromatic carbocycles. The third-order valence-corrected chi connectivity index (χ3v) is 6.17. The zero-order valence-corrected chi connectivity index (χ0v) is 17.9. The maximum atomic E-state index is 12.5. The minimum atomic E-state index is -1.35. The van der Waals surface area contributed by atoms with Gasteiger partial charge in [-0.2, -0.15) is 0 Å². The standard InChI is InChI=1S/C28H23NO4/c30-27(31)26(16-18-13-14-19-7-1-2-8-20(19)15-18)29-28(32)33-17-25-23-11-5-3-9-21(23)22-10-4-6-12-24(22)25/h1-15,25-26H,16-17H2,(H,29,32)(H,30,31)/p-1/t26-/m1/s1. The molecule has 33 heavy (non-hydrogen) atoms. The van der Waals surface area contributed by atoms with E-state index in [1.54, 1.807) is 0 Å². The first-order chi connectivity index (χ1) is 16.1. The van der Waals surface area contributed by atoms with Gasteiger partial charge in [0.15, 0.2) is 0 Å². The molecule has 0 aromatic heterocycles. The van der Waals surface area contributed by atoms with Crippen molar-refractivity contribution < 1.29 is 19.4 Å². The van der Waals surface area contributed by atoms with Crippen LogP contribution in [0.15, 0.2) is 91.0 Å². The van der Waals surface area contributed by atoms with Crippen LogP contribution in [0.1, 0.15) is 22.6 Å². The van der Waals surface area contributed by atoms with E-state index < -0.39 is 18.1 Å². The van der Waals surface area contributed by atoms with Gasteiger partial charge in [-0.25, -0.2) is 4.79 Å². The zero-order valence-electron chi connectivity index (χ0n) is 17.9. The predicted octanol–water partition coefficient (Wildman–Crippen LogP) is 4.04. The SMILES string of the molecule is O=C(N[C@H](Cc1ccc2ccccc2c1)C(=O)[O-])OCC1c2ccccc2-c2ccccc21. The van der Waals surface area contributed by atoms with Crippen molar-refractivity contribution in [1.29, 1.82) is 0 Å². The summed E-state index contributed by atoms with van der Waals surface area (Å²) in [5.41, 5.74) is 5.25. The van der Waals surface area contributed by atoms with Gasteiger partial charge in [0.2, 0.25) is 0 Å². The Balaban J connectivity index is 1.27. The Labute approximate surface area is 191 Å². The molecule has 5 rings (SSSR count). The van der Waals surface area contributed by atoms with E-state index >= 15 is 0 Å². The molecule has 164 valence electrons. The summed E-state index contributed by atoms with van der Waals surface area (Å²) in [6.07, 6.45) is -0.663. The smallest absolute Gasteiger partial charge is 0.407 e. The predicted molar refractivity (Wildman–Crippen MR) is 125 cm³/mol. The highest BCUT2D eigenvalue weighted by Gasteiger charge is 2.29. The number of ether oxygens (including phenoxy) is 1. The number of amides is 1. The summed E-state index contributed by atoms with van der Waals surface area (Å²) in [7, 11) is 0. The minimum Gasteiger partial charge on any atom is -0.548 e. The van der Waals surface area contributed by atoms with Gasteiger partial charge in [0.05, 0.1) is 12.0 Å². The molecular weight excluding hydrogens is 414 g/mol. The topological polar surface area (TPSA) is 78.5 Å². The normalized spacial score (nSPS) is 13.2. The molecule has 1 amide bonds. The largest absolute Gasteiger partial charge is 0.548 e. The summed E-state index contributed by atoms with van der Waals surface area (Å²) in [5, 5.41) is 16.2. The Kier molecular flexibility index (Phi) is 5.53. The van der Waals surface area contributed by atoms with Gasteiger partial charge in [-0.05, 0) is 45.0 Å². The van der Waals surface area contributed by atoms with E-state index in [1.807, 2.05) is 78.9 Å². The highest BCUT2D eigenvalue weighted by Crippen LogP contribution is 2.44. The Morgan fingerprint density at radius 1 is 0.818 bits per heavy atom. The maximum absolute atomic E-state index is 12.5. The van der Waals surface area contributed by atoms with Crippen LogP contribution >= 0.6 is 0 Å². The van der Waals surface area contributed by atoms with E-state index in [4.69, 9.17) is 4.74 Å². The van der Waals surface area contributed by atoms with Crippen LogP contribution in [0, 0.1) is 0 Å². The van der Waals surface area contributed by atoms with Crippen molar-refractivity contribution in [2.24, 2.45) is 0 Å². The van der Waals surface area contributed by atoms with Crippen LogP contribution in [0.4, 0.5) is 4.79 Å². The van der Waals surface area contributed by atoms with Crippen LogP contribution in [0.25, 0.3) is 21.9 Å². The van der Waals surface area contributed by atoms with Crippen molar-refractivity contribution in [3.05, 3.63) is 108 Å². The lowest BCUT2D eigenvalue weighted by molar-refractivity contribution is -0.308. The molecule has 0 unspecified atom stereocenters. The van der Waals surface area contributed by atoms with E-state index in [9.17, 15) is 14.7 Å². The first kappa shape index (κ1) is 20.8. The van der Waals surface area contributed by atoms with Crippen molar-refractivity contribution in [1.82, 2.24) is 5.32 Å². The Bertz CT molecular complexity index is 1300. The van der Waals surface area contributed by atoms with E-state index in [0.717, 1.165) is 38.6 Å². The number of carboxylic acids is 1. The van der Waals surface area contributed by atoms with Crippen LogP contribution in [0.3, 0.4) is 0 Å². The number of carboxylic acid groups (broad SMARTS) is 1. The van der Waals surface area contributed by atoms with Gasteiger partial charge in [0.25, 0.3) is 0 Å². The van der Waals surface area contributed by atoms with Gasteiger partial charge in [-0.3, -0.25) is 0 Å².